The summed E-state index contributed by atoms with van der Waals surface area (Å²) in [7, 11) is 1.56. The maximum Gasteiger partial charge on any atom is 0.195 e. The van der Waals surface area contributed by atoms with Gasteiger partial charge in [-0.15, -0.1) is 0 Å². The smallest absolute Gasteiger partial charge is 0.195 e. The number of hydrogen-bond acceptors (Lipinski definition) is 2. The number of carbonyl (C=O) groups excluding carboxylic acids is 1. The molecule has 0 unspecified atom stereocenters. The number of aromatic nitrogens is 1. The van der Waals surface area contributed by atoms with E-state index in [0.29, 0.717) is 27.8 Å². The molecular weight excluding hydrogens is 257 g/mol. The fraction of sp³-hybridized carbons (Fsp3) is 0.0625. The quantitative estimate of drug-likeness (QED) is 0.739. The first-order chi connectivity index (χ1) is 9.70. The molecule has 3 aromatic rings. The van der Waals surface area contributed by atoms with Gasteiger partial charge >= 0.3 is 0 Å². The Hall–Kier alpha value is -2.62. The van der Waals surface area contributed by atoms with Gasteiger partial charge in [0.15, 0.2) is 5.78 Å². The number of nitrogens with one attached hydrogen (secondary N) is 1. The molecule has 0 fully saturated rings. The second-order valence-corrected chi connectivity index (χ2v) is 4.42. The fourth-order valence-electron chi connectivity index (χ4n) is 2.22. The standard InChI is InChI=1S/C16H12FNO2/c1-20-11-7-5-10(6-8-11)16(19)12-9-18-14-4-2-3-13(17)15(12)14/h2-9,18H,1H3. The minimum Gasteiger partial charge on any atom is -0.497 e. The van der Waals surface area contributed by atoms with E-state index >= 15 is 0 Å². The highest BCUT2D eigenvalue weighted by Crippen LogP contribution is 2.24. The van der Waals surface area contributed by atoms with Crippen molar-refractivity contribution in [1.29, 1.82) is 0 Å². The highest BCUT2D eigenvalue weighted by molar-refractivity contribution is 6.16. The zero-order valence-electron chi connectivity index (χ0n) is 10.8. The summed E-state index contributed by atoms with van der Waals surface area (Å²) < 4.78 is 18.9. The van der Waals surface area contributed by atoms with Crippen molar-refractivity contribution in [2.75, 3.05) is 7.11 Å². The van der Waals surface area contributed by atoms with Crippen LogP contribution in [0, 0.1) is 5.82 Å². The van der Waals surface area contributed by atoms with Crippen LogP contribution in [-0.4, -0.2) is 17.9 Å². The number of rotatable bonds is 3. The third-order valence-electron chi connectivity index (χ3n) is 3.25. The highest BCUT2D eigenvalue weighted by atomic mass is 19.1. The molecule has 1 heterocycles. The molecule has 3 nitrogen and oxygen atoms in total. The molecule has 2 aromatic carbocycles. The van der Waals surface area contributed by atoms with Crippen LogP contribution in [-0.2, 0) is 0 Å². The lowest BCUT2D eigenvalue weighted by molar-refractivity contribution is 0.104. The van der Waals surface area contributed by atoms with Crippen LogP contribution in [0.1, 0.15) is 15.9 Å². The van der Waals surface area contributed by atoms with E-state index in [4.69, 9.17) is 4.74 Å². The number of carbonyl (C=O) groups is 1. The van der Waals surface area contributed by atoms with Crippen molar-refractivity contribution >= 4 is 16.7 Å². The molecule has 0 atom stereocenters. The summed E-state index contributed by atoms with van der Waals surface area (Å²) in [6.07, 6.45) is 1.54. The molecule has 3 rings (SSSR count). The molecule has 0 aliphatic carbocycles. The van der Waals surface area contributed by atoms with E-state index in [2.05, 4.69) is 4.98 Å². The molecule has 0 amide bonds. The minimum atomic E-state index is -0.402. The average molecular weight is 269 g/mol. The van der Waals surface area contributed by atoms with E-state index in [-0.39, 0.29) is 5.78 Å². The Kier molecular flexibility index (Phi) is 2.99. The number of halogens is 1. The van der Waals surface area contributed by atoms with Gasteiger partial charge < -0.3 is 9.72 Å². The van der Waals surface area contributed by atoms with Gasteiger partial charge in [-0.3, -0.25) is 4.79 Å². The number of methoxy groups -OCH3 is 1. The van der Waals surface area contributed by atoms with Gasteiger partial charge in [0.05, 0.1) is 12.7 Å². The number of ketones is 1. The van der Waals surface area contributed by atoms with Gasteiger partial charge in [0.2, 0.25) is 0 Å². The molecule has 4 heteroatoms. The van der Waals surface area contributed by atoms with Gasteiger partial charge in [0.25, 0.3) is 0 Å². The van der Waals surface area contributed by atoms with Gasteiger partial charge in [-0.25, -0.2) is 4.39 Å². The van der Waals surface area contributed by atoms with Crippen molar-refractivity contribution in [3.05, 3.63) is 65.6 Å². The molecule has 0 saturated heterocycles. The first-order valence-electron chi connectivity index (χ1n) is 6.15. The van der Waals surface area contributed by atoms with Crippen molar-refractivity contribution in [2.45, 2.75) is 0 Å². The fourth-order valence-corrected chi connectivity index (χ4v) is 2.22. The molecule has 0 spiro atoms. The summed E-state index contributed by atoms with van der Waals surface area (Å²) >= 11 is 0. The summed E-state index contributed by atoms with van der Waals surface area (Å²) in [5.41, 5.74) is 1.44. The largest absolute Gasteiger partial charge is 0.497 e. The van der Waals surface area contributed by atoms with Crippen LogP contribution in [0.4, 0.5) is 4.39 Å². The molecule has 0 bridgehead atoms. The molecule has 0 aliphatic heterocycles. The Morgan fingerprint density at radius 3 is 2.60 bits per heavy atom. The SMILES string of the molecule is COc1ccc(C(=O)c2c[nH]c3cccc(F)c23)cc1. The van der Waals surface area contributed by atoms with E-state index in [9.17, 15) is 9.18 Å². The zero-order chi connectivity index (χ0) is 14.1. The Labute approximate surface area is 115 Å². The van der Waals surface area contributed by atoms with Crippen molar-refractivity contribution in [1.82, 2.24) is 4.98 Å². The van der Waals surface area contributed by atoms with Crippen molar-refractivity contribution in [2.24, 2.45) is 0 Å². The molecule has 0 saturated carbocycles. The minimum absolute atomic E-state index is 0.219. The van der Waals surface area contributed by atoms with Crippen LogP contribution in [0.5, 0.6) is 5.75 Å². The number of H-pyrrole nitrogens is 1. The van der Waals surface area contributed by atoms with Crippen LogP contribution in [0.15, 0.2) is 48.7 Å². The predicted octanol–water partition coefficient (Wildman–Crippen LogP) is 3.55. The van der Waals surface area contributed by atoms with Crippen LogP contribution >= 0.6 is 0 Å². The predicted molar refractivity (Wildman–Crippen MR) is 74.7 cm³/mol. The van der Waals surface area contributed by atoms with E-state index in [0.717, 1.165) is 0 Å². The second kappa shape index (κ2) is 4.81. The molecule has 0 aliphatic rings. The third kappa shape index (κ3) is 1.95. The molecule has 1 N–H and O–H groups in total. The van der Waals surface area contributed by atoms with Crippen LogP contribution in [0.25, 0.3) is 10.9 Å². The summed E-state index contributed by atoms with van der Waals surface area (Å²) in [4.78, 5) is 15.4. The molecule has 100 valence electrons. The van der Waals surface area contributed by atoms with Gasteiger partial charge in [-0.2, -0.15) is 0 Å². The Morgan fingerprint density at radius 2 is 1.90 bits per heavy atom. The molecular formula is C16H12FNO2. The first kappa shape index (κ1) is 12.4. The monoisotopic (exact) mass is 269 g/mol. The normalized spacial score (nSPS) is 10.7. The van der Waals surface area contributed by atoms with Crippen LogP contribution in [0.3, 0.4) is 0 Å². The topological polar surface area (TPSA) is 42.1 Å². The summed E-state index contributed by atoms with van der Waals surface area (Å²) in [6.45, 7) is 0. The van der Waals surface area contributed by atoms with Crippen molar-refractivity contribution in [3.63, 3.8) is 0 Å². The van der Waals surface area contributed by atoms with Gasteiger partial charge in [0, 0.05) is 22.7 Å². The van der Waals surface area contributed by atoms with Crippen molar-refractivity contribution < 1.29 is 13.9 Å². The number of benzene rings is 2. The lowest BCUT2D eigenvalue weighted by atomic mass is 10.0. The van der Waals surface area contributed by atoms with Crippen LogP contribution in [0.2, 0.25) is 0 Å². The molecule has 1 aromatic heterocycles. The summed E-state index contributed by atoms with van der Waals surface area (Å²) in [5.74, 6) is 0.0521. The van der Waals surface area contributed by atoms with Crippen molar-refractivity contribution in [3.8, 4) is 5.75 Å². The van der Waals surface area contributed by atoms with Gasteiger partial charge in [0.1, 0.15) is 11.6 Å². The Balaban J connectivity index is 2.08. The zero-order valence-corrected chi connectivity index (χ0v) is 10.8. The number of hydrogen-bond donors (Lipinski definition) is 1. The lowest BCUT2D eigenvalue weighted by Crippen LogP contribution is -2.01. The number of aromatic amines is 1. The Bertz CT molecular complexity index is 775. The number of fused-ring (bicyclic) bond motifs is 1. The molecule has 20 heavy (non-hydrogen) atoms. The lowest BCUT2D eigenvalue weighted by Gasteiger charge is -2.02. The maximum atomic E-state index is 13.9. The van der Waals surface area contributed by atoms with E-state index in [1.54, 1.807) is 49.7 Å². The highest BCUT2D eigenvalue weighted by Gasteiger charge is 2.16. The number of ether oxygens (including phenoxy) is 1. The maximum absolute atomic E-state index is 13.9. The second-order valence-electron chi connectivity index (χ2n) is 4.42. The average Bonchev–Trinajstić information content (AvgIpc) is 2.92. The van der Waals surface area contributed by atoms with Gasteiger partial charge in [-0.1, -0.05) is 6.07 Å². The van der Waals surface area contributed by atoms with Crippen LogP contribution < -0.4 is 4.74 Å². The van der Waals surface area contributed by atoms with E-state index in [1.807, 2.05) is 0 Å². The molecule has 0 radical (unpaired) electrons. The Morgan fingerprint density at radius 1 is 1.15 bits per heavy atom. The summed E-state index contributed by atoms with van der Waals surface area (Å²) in [6, 6.07) is 11.4. The summed E-state index contributed by atoms with van der Waals surface area (Å²) in [5, 5.41) is 0.327. The van der Waals surface area contributed by atoms with E-state index in [1.165, 1.54) is 6.07 Å². The van der Waals surface area contributed by atoms with E-state index < -0.39 is 5.82 Å². The van der Waals surface area contributed by atoms with Gasteiger partial charge in [-0.05, 0) is 36.4 Å². The third-order valence-corrected chi connectivity index (χ3v) is 3.25. The first-order valence-corrected chi connectivity index (χ1v) is 6.15.